The predicted octanol–water partition coefficient (Wildman–Crippen LogP) is 2.76. The van der Waals surface area contributed by atoms with Gasteiger partial charge in [0.25, 0.3) is 0 Å². The molecule has 0 fully saturated rings. The third-order valence-corrected chi connectivity index (χ3v) is 2.55. The molecule has 0 radical (unpaired) electrons. The van der Waals surface area contributed by atoms with Crippen LogP contribution in [0.5, 0.6) is 0 Å². The molecule has 1 nitrogen and oxygen atoms in total. The smallest absolute Gasteiger partial charge is 0.00355 e. The minimum Gasteiger partial charge on any atom is -0.304 e. The summed E-state index contributed by atoms with van der Waals surface area (Å²) in [5.41, 5.74) is 0. The number of hydrogen-bond acceptors (Lipinski definition) is 1. The van der Waals surface area contributed by atoms with Gasteiger partial charge in [-0.15, -0.1) is 0 Å². The molecule has 0 saturated carbocycles. The van der Waals surface area contributed by atoms with Gasteiger partial charge in [-0.25, -0.2) is 0 Å². The molecule has 0 rings (SSSR count). The zero-order valence-electron chi connectivity index (χ0n) is 8.72. The largest absolute Gasteiger partial charge is 0.304 e. The summed E-state index contributed by atoms with van der Waals surface area (Å²) in [7, 11) is 2.20. The Kier molecular flexibility index (Phi) is 5.57. The highest BCUT2D eigenvalue weighted by molar-refractivity contribution is 4.59. The van der Waals surface area contributed by atoms with Gasteiger partial charge in [-0.2, -0.15) is 0 Å². The molecule has 0 aromatic heterocycles. The number of rotatable bonds is 5. The SMILES string of the molecule is CCC(C)CCN(C)C(C)C. The topological polar surface area (TPSA) is 3.24 Å². The molecule has 0 aromatic rings. The molecule has 68 valence electrons. The standard InChI is InChI=1S/C10H23N/c1-6-10(4)7-8-11(5)9(2)3/h9-10H,6-8H2,1-5H3. The van der Waals surface area contributed by atoms with E-state index in [0.29, 0.717) is 6.04 Å². The predicted molar refractivity (Wildman–Crippen MR) is 51.8 cm³/mol. The molecule has 1 atom stereocenters. The van der Waals surface area contributed by atoms with Crippen LogP contribution in [0.1, 0.15) is 40.5 Å². The van der Waals surface area contributed by atoms with E-state index in [1.807, 2.05) is 0 Å². The molecule has 0 spiro atoms. The van der Waals surface area contributed by atoms with Crippen molar-refractivity contribution in [2.75, 3.05) is 13.6 Å². The monoisotopic (exact) mass is 157 g/mol. The van der Waals surface area contributed by atoms with E-state index in [0.717, 1.165) is 5.92 Å². The van der Waals surface area contributed by atoms with Gasteiger partial charge in [0.15, 0.2) is 0 Å². The third-order valence-electron chi connectivity index (χ3n) is 2.55. The van der Waals surface area contributed by atoms with Crippen LogP contribution in [0.15, 0.2) is 0 Å². The lowest BCUT2D eigenvalue weighted by molar-refractivity contribution is 0.253. The van der Waals surface area contributed by atoms with Crippen molar-refractivity contribution < 1.29 is 0 Å². The molecule has 0 heterocycles. The zero-order valence-corrected chi connectivity index (χ0v) is 8.72. The Bertz CT molecular complexity index is 88.9. The average Bonchev–Trinajstić information content (AvgIpc) is 1.99. The third kappa shape index (κ3) is 5.25. The summed E-state index contributed by atoms with van der Waals surface area (Å²) >= 11 is 0. The lowest BCUT2D eigenvalue weighted by Crippen LogP contribution is -2.28. The van der Waals surface area contributed by atoms with Gasteiger partial charge in [-0.1, -0.05) is 20.3 Å². The second-order valence-electron chi connectivity index (χ2n) is 3.88. The van der Waals surface area contributed by atoms with Gasteiger partial charge in [0.1, 0.15) is 0 Å². The quantitative estimate of drug-likeness (QED) is 0.593. The van der Waals surface area contributed by atoms with Crippen molar-refractivity contribution in [1.29, 1.82) is 0 Å². The van der Waals surface area contributed by atoms with Crippen molar-refractivity contribution in [1.82, 2.24) is 4.90 Å². The van der Waals surface area contributed by atoms with Crippen molar-refractivity contribution in [2.45, 2.75) is 46.6 Å². The van der Waals surface area contributed by atoms with E-state index in [4.69, 9.17) is 0 Å². The summed E-state index contributed by atoms with van der Waals surface area (Å²) in [6.07, 6.45) is 2.65. The Morgan fingerprint density at radius 1 is 1.18 bits per heavy atom. The van der Waals surface area contributed by atoms with E-state index in [1.165, 1.54) is 19.4 Å². The maximum atomic E-state index is 2.41. The maximum absolute atomic E-state index is 2.41. The molecule has 0 aliphatic rings. The Hall–Kier alpha value is -0.0400. The van der Waals surface area contributed by atoms with Crippen LogP contribution in [-0.4, -0.2) is 24.5 Å². The molecule has 1 heteroatoms. The second-order valence-corrected chi connectivity index (χ2v) is 3.88. The van der Waals surface area contributed by atoms with Crippen LogP contribution >= 0.6 is 0 Å². The van der Waals surface area contributed by atoms with E-state index in [2.05, 4.69) is 39.6 Å². The van der Waals surface area contributed by atoms with Crippen LogP contribution in [0, 0.1) is 5.92 Å². The molecular weight excluding hydrogens is 134 g/mol. The van der Waals surface area contributed by atoms with Crippen molar-refractivity contribution in [3.05, 3.63) is 0 Å². The van der Waals surface area contributed by atoms with Gasteiger partial charge in [0.05, 0.1) is 0 Å². The minimum absolute atomic E-state index is 0.694. The summed E-state index contributed by atoms with van der Waals surface area (Å²) in [4.78, 5) is 2.41. The maximum Gasteiger partial charge on any atom is 0.00355 e. The molecule has 0 aliphatic carbocycles. The summed E-state index contributed by atoms with van der Waals surface area (Å²) in [5, 5.41) is 0. The number of nitrogens with zero attached hydrogens (tertiary/aromatic N) is 1. The first kappa shape index (κ1) is 11.0. The fourth-order valence-corrected chi connectivity index (χ4v) is 0.886. The van der Waals surface area contributed by atoms with Crippen LogP contribution < -0.4 is 0 Å². The van der Waals surface area contributed by atoms with Crippen LogP contribution in [0.25, 0.3) is 0 Å². The first-order valence-corrected chi connectivity index (χ1v) is 4.78. The van der Waals surface area contributed by atoms with E-state index in [1.54, 1.807) is 0 Å². The fourth-order valence-electron chi connectivity index (χ4n) is 0.886. The Labute approximate surface area is 71.8 Å². The van der Waals surface area contributed by atoms with Crippen LogP contribution in [-0.2, 0) is 0 Å². The molecule has 0 aliphatic heterocycles. The Morgan fingerprint density at radius 3 is 2.09 bits per heavy atom. The van der Waals surface area contributed by atoms with Crippen molar-refractivity contribution in [3.63, 3.8) is 0 Å². The normalized spacial score (nSPS) is 14.5. The van der Waals surface area contributed by atoms with Crippen molar-refractivity contribution >= 4 is 0 Å². The minimum atomic E-state index is 0.694. The molecule has 0 saturated heterocycles. The Balaban J connectivity index is 3.37. The highest BCUT2D eigenvalue weighted by atomic mass is 15.1. The van der Waals surface area contributed by atoms with E-state index in [-0.39, 0.29) is 0 Å². The van der Waals surface area contributed by atoms with Gasteiger partial charge in [0, 0.05) is 6.04 Å². The highest BCUT2D eigenvalue weighted by Crippen LogP contribution is 2.07. The number of hydrogen-bond donors (Lipinski definition) is 0. The molecular formula is C10H23N. The summed E-state index contributed by atoms with van der Waals surface area (Å²) in [6.45, 7) is 10.3. The first-order chi connectivity index (χ1) is 5.07. The van der Waals surface area contributed by atoms with Crippen molar-refractivity contribution in [3.8, 4) is 0 Å². The lowest BCUT2D eigenvalue weighted by Gasteiger charge is -2.22. The van der Waals surface area contributed by atoms with Gasteiger partial charge < -0.3 is 4.90 Å². The second kappa shape index (κ2) is 5.59. The molecule has 0 bridgehead atoms. The molecule has 1 unspecified atom stereocenters. The fraction of sp³-hybridized carbons (Fsp3) is 1.00. The van der Waals surface area contributed by atoms with E-state index < -0.39 is 0 Å². The first-order valence-electron chi connectivity index (χ1n) is 4.78. The molecule has 0 aromatic carbocycles. The van der Waals surface area contributed by atoms with Crippen LogP contribution in [0.4, 0.5) is 0 Å². The van der Waals surface area contributed by atoms with E-state index in [9.17, 15) is 0 Å². The summed E-state index contributed by atoms with van der Waals surface area (Å²) in [6, 6.07) is 0.694. The van der Waals surface area contributed by atoms with Crippen LogP contribution in [0.2, 0.25) is 0 Å². The zero-order chi connectivity index (χ0) is 8.85. The molecule has 0 amide bonds. The van der Waals surface area contributed by atoms with Crippen LogP contribution in [0.3, 0.4) is 0 Å². The summed E-state index contributed by atoms with van der Waals surface area (Å²) < 4.78 is 0. The Morgan fingerprint density at radius 2 is 1.73 bits per heavy atom. The lowest BCUT2D eigenvalue weighted by atomic mass is 10.1. The molecule has 0 N–H and O–H groups in total. The van der Waals surface area contributed by atoms with Gasteiger partial charge in [0.2, 0.25) is 0 Å². The summed E-state index contributed by atoms with van der Waals surface area (Å²) in [5.74, 6) is 0.885. The van der Waals surface area contributed by atoms with Gasteiger partial charge in [-0.3, -0.25) is 0 Å². The average molecular weight is 157 g/mol. The highest BCUT2D eigenvalue weighted by Gasteiger charge is 2.04. The van der Waals surface area contributed by atoms with Gasteiger partial charge >= 0.3 is 0 Å². The van der Waals surface area contributed by atoms with E-state index >= 15 is 0 Å². The van der Waals surface area contributed by atoms with Gasteiger partial charge in [-0.05, 0) is 39.8 Å². The van der Waals surface area contributed by atoms with Crippen molar-refractivity contribution in [2.24, 2.45) is 5.92 Å². The molecule has 11 heavy (non-hydrogen) atoms.